The highest BCUT2D eigenvalue weighted by Gasteiger charge is 2.39. The Morgan fingerprint density at radius 1 is 0.481 bits per heavy atom. The quantitative estimate of drug-likeness (QED) is 0.0385. The van der Waals surface area contributed by atoms with E-state index in [1.54, 1.807) is 109 Å². The third-order valence-corrected chi connectivity index (χ3v) is 19.6. The fourth-order valence-electron chi connectivity index (χ4n) is 12.2. The van der Waals surface area contributed by atoms with Crippen LogP contribution in [-0.2, 0) is 86.4 Å². The molecule has 3 heterocycles. The van der Waals surface area contributed by atoms with Crippen LogP contribution in [0.5, 0.6) is 0 Å². The first-order valence-electron chi connectivity index (χ1n) is 35.8. The standard InChI is InChI=1S/C74H99N17O16S/c1-7-40(6)63-74(107)87-55(34-92)65(98)80-33-59(95)82-56(35-93)71(104)86-54(30-58(76)94)67(100)85-53(29-45-32-79-49-21-13-11-19-47(45)49)70(103)89-61(38(2)3)72(105)83-50(22-14-15-25-75)66(99)84-52(28-44-31-78-48-20-12-10-18-46(44)48)69(102)90-62(39(4)5)73(106)88-57(64(77)97)36-108-37-60(96)81-51(68(101)91-63)27-41-23-24-42-16-8-9-17-43(42)26-41/h8-13,16-21,23-24,26,31-32,38-40,50-57,61-63,78-79,92-93H,7,14-15,22,25,27-30,33-37,75H2,1-6H3,(H2,76,94)(H2,77,97)(H,80,98)(H,81,96)(H,82,95)(H,83,105)(H,84,99)(H,85,100)(H,86,104)(H,87,107)(H,88,106)(H,89,103)(H,90,102)(H,91,101)/t40-,50-,51+,52-,53-,54-,55-,56-,57-,61-,62-,63-/m0/s1. The summed E-state index contributed by atoms with van der Waals surface area (Å²) >= 11 is 0.864. The first-order chi connectivity index (χ1) is 51.5. The van der Waals surface area contributed by atoms with E-state index in [0.29, 0.717) is 44.9 Å². The number of primary amides is 2. The third kappa shape index (κ3) is 24.0. The highest BCUT2D eigenvalue weighted by Crippen LogP contribution is 2.23. The molecule has 12 atom stereocenters. The molecule has 0 aliphatic carbocycles. The molecule has 1 fully saturated rings. The van der Waals surface area contributed by atoms with Gasteiger partial charge in [0.1, 0.15) is 66.5 Å². The number of nitrogens with two attached hydrogens (primary N) is 3. The van der Waals surface area contributed by atoms with Gasteiger partial charge in [0.2, 0.25) is 82.7 Å². The van der Waals surface area contributed by atoms with Crippen LogP contribution in [0, 0.1) is 17.8 Å². The van der Waals surface area contributed by atoms with Crippen molar-refractivity contribution in [2.24, 2.45) is 35.0 Å². The number of aliphatic hydroxyl groups is 2. The Kier molecular flexibility index (Phi) is 31.7. The van der Waals surface area contributed by atoms with Crippen LogP contribution in [0.1, 0.15) is 90.3 Å². The summed E-state index contributed by atoms with van der Waals surface area (Å²) in [5.41, 5.74) is 20.3. The molecule has 34 heteroatoms. The number of para-hydroxylation sites is 2. The zero-order chi connectivity index (χ0) is 78.9. The number of hydrogen-bond acceptors (Lipinski definition) is 18. The number of thioether (sulfide) groups is 1. The number of fused-ring (bicyclic) bond motifs is 3. The van der Waals surface area contributed by atoms with E-state index < -0.39 is 199 Å². The Bertz CT molecular complexity index is 4220. The summed E-state index contributed by atoms with van der Waals surface area (Å²) in [6.45, 7) is 6.85. The lowest BCUT2D eigenvalue weighted by molar-refractivity contribution is -0.137. The molecule has 4 aromatic carbocycles. The Morgan fingerprint density at radius 3 is 1.47 bits per heavy atom. The predicted octanol–water partition coefficient (Wildman–Crippen LogP) is -2.14. The van der Waals surface area contributed by atoms with E-state index in [1.165, 1.54) is 0 Å². The van der Waals surface area contributed by atoms with E-state index in [9.17, 15) is 77.3 Å². The Balaban J connectivity index is 1.24. The number of carbonyl (C=O) groups is 14. The third-order valence-electron chi connectivity index (χ3n) is 18.5. The largest absolute Gasteiger partial charge is 0.394 e. The highest BCUT2D eigenvalue weighted by atomic mass is 32.2. The van der Waals surface area contributed by atoms with Gasteiger partial charge in [0.15, 0.2) is 0 Å². The molecule has 0 spiro atoms. The summed E-state index contributed by atoms with van der Waals surface area (Å²) in [5.74, 6) is -16.6. The van der Waals surface area contributed by atoms with Crippen molar-refractivity contribution in [3.8, 4) is 0 Å². The van der Waals surface area contributed by atoms with Gasteiger partial charge in [-0.2, -0.15) is 0 Å². The molecule has 582 valence electrons. The SMILES string of the molecule is CC[C@H](C)[C@@H]1NC(=O)[C@@H](Cc2ccc3ccccc3c2)NC(=O)CSC[C@@H](C(N)=O)NC(=O)[C@H](C(C)C)NC(=O)[C@H](Cc2c[nH]c3ccccc23)NC(=O)[C@H](CCCCN)NC(=O)[C@H](C(C)C)NC(=O)[C@H](Cc2c[nH]c3ccccc23)NC(=O)[C@H](CC(N)=O)NC(=O)[C@H](CO)NC(=O)CNC(=O)[C@H](CO)NC1=O. The Morgan fingerprint density at radius 2 is 0.935 bits per heavy atom. The van der Waals surface area contributed by atoms with Crippen LogP contribution >= 0.6 is 11.8 Å². The average molecular weight is 1510 g/mol. The van der Waals surface area contributed by atoms with Crippen molar-refractivity contribution in [1.29, 1.82) is 0 Å². The van der Waals surface area contributed by atoms with E-state index in [0.717, 1.165) is 22.5 Å². The molecule has 0 saturated carbocycles. The van der Waals surface area contributed by atoms with Gasteiger partial charge in [0.05, 0.1) is 31.9 Å². The van der Waals surface area contributed by atoms with E-state index in [1.807, 2.05) is 36.4 Å². The smallest absolute Gasteiger partial charge is 0.245 e. The Hall–Kier alpha value is -11.0. The molecule has 6 aromatic rings. The number of nitrogens with one attached hydrogen (secondary N) is 14. The second-order valence-corrected chi connectivity index (χ2v) is 28.4. The van der Waals surface area contributed by atoms with E-state index >= 15 is 0 Å². The van der Waals surface area contributed by atoms with Crippen molar-refractivity contribution in [3.63, 3.8) is 0 Å². The minimum Gasteiger partial charge on any atom is -0.394 e. The van der Waals surface area contributed by atoms with Crippen molar-refractivity contribution < 1.29 is 77.3 Å². The van der Waals surface area contributed by atoms with Crippen molar-refractivity contribution in [3.05, 3.63) is 120 Å². The second-order valence-electron chi connectivity index (χ2n) is 27.4. The molecule has 108 heavy (non-hydrogen) atoms. The molecular weight excluding hydrogens is 1410 g/mol. The summed E-state index contributed by atoms with van der Waals surface area (Å²) in [5, 5.41) is 54.5. The first-order valence-corrected chi connectivity index (χ1v) is 36.9. The van der Waals surface area contributed by atoms with Crippen LogP contribution in [0.25, 0.3) is 32.6 Å². The van der Waals surface area contributed by atoms with Crippen LogP contribution < -0.4 is 81.0 Å². The van der Waals surface area contributed by atoms with Crippen molar-refractivity contribution in [1.82, 2.24) is 73.8 Å². The Labute approximate surface area is 627 Å². The molecule has 22 N–H and O–H groups in total. The number of unbranched alkanes of at least 4 members (excludes halogenated alkanes) is 1. The number of benzene rings is 4. The first kappa shape index (κ1) is 84.3. The van der Waals surface area contributed by atoms with Gasteiger partial charge in [-0.1, -0.05) is 127 Å². The number of aliphatic hydroxyl groups excluding tert-OH is 2. The topological polar surface area (TPSA) is 533 Å². The van der Waals surface area contributed by atoms with E-state index in [-0.39, 0.29) is 50.8 Å². The predicted molar refractivity (Wildman–Crippen MR) is 402 cm³/mol. The molecule has 7 rings (SSSR count). The van der Waals surface area contributed by atoms with Gasteiger partial charge in [-0.3, -0.25) is 67.1 Å². The maximum atomic E-state index is 15.0. The summed E-state index contributed by atoms with van der Waals surface area (Å²) < 4.78 is 0. The van der Waals surface area contributed by atoms with Gasteiger partial charge in [-0.15, -0.1) is 11.8 Å². The minimum absolute atomic E-state index is 0.0469. The fraction of sp³-hybridized carbons (Fsp3) is 0.459. The van der Waals surface area contributed by atoms with E-state index in [4.69, 9.17) is 17.2 Å². The molecule has 33 nitrogen and oxygen atoms in total. The van der Waals surface area contributed by atoms with Crippen LogP contribution in [0.2, 0.25) is 0 Å². The molecule has 0 bridgehead atoms. The number of H-pyrrole nitrogens is 2. The van der Waals surface area contributed by atoms with Gasteiger partial charge < -0.3 is 101 Å². The minimum atomic E-state index is -1.90. The van der Waals surface area contributed by atoms with E-state index in [2.05, 4.69) is 73.8 Å². The molecular formula is C74H99N17O16S. The molecule has 2 aromatic heterocycles. The zero-order valence-corrected chi connectivity index (χ0v) is 61.9. The molecule has 14 amide bonds. The van der Waals surface area contributed by atoms with Gasteiger partial charge >= 0.3 is 0 Å². The molecule has 0 radical (unpaired) electrons. The monoisotopic (exact) mass is 1510 g/mol. The van der Waals surface area contributed by atoms with Crippen LogP contribution in [0.3, 0.4) is 0 Å². The summed E-state index contributed by atoms with van der Waals surface area (Å²) in [6, 6.07) is 9.72. The van der Waals surface area contributed by atoms with Crippen molar-refractivity contribution in [2.75, 3.05) is 37.8 Å². The van der Waals surface area contributed by atoms with Crippen LogP contribution in [0.4, 0.5) is 0 Å². The maximum absolute atomic E-state index is 15.0. The summed E-state index contributed by atoms with van der Waals surface area (Å²) in [4.78, 5) is 205. The lowest BCUT2D eigenvalue weighted by Gasteiger charge is -2.29. The number of aromatic nitrogens is 2. The van der Waals surface area contributed by atoms with Gasteiger partial charge in [-0.25, -0.2) is 0 Å². The summed E-state index contributed by atoms with van der Waals surface area (Å²) in [7, 11) is 0. The second kappa shape index (κ2) is 40.7. The van der Waals surface area contributed by atoms with Crippen molar-refractivity contribution >= 4 is 127 Å². The lowest BCUT2D eigenvalue weighted by Crippen LogP contribution is -2.62. The molecule has 1 aliphatic heterocycles. The highest BCUT2D eigenvalue weighted by molar-refractivity contribution is 8.00. The molecule has 1 saturated heterocycles. The normalized spacial score (nSPS) is 23.7. The number of aromatic amines is 2. The lowest BCUT2D eigenvalue weighted by atomic mass is 9.96. The van der Waals surface area contributed by atoms with Gasteiger partial charge in [-0.05, 0) is 83.2 Å². The molecule has 0 unspecified atom stereocenters. The van der Waals surface area contributed by atoms with Crippen LogP contribution in [-0.4, -0.2) is 207 Å². The number of rotatable bonds is 19. The van der Waals surface area contributed by atoms with Gasteiger partial charge in [0.25, 0.3) is 0 Å². The maximum Gasteiger partial charge on any atom is 0.245 e. The molecule has 1 aliphatic rings. The summed E-state index contributed by atoms with van der Waals surface area (Å²) in [6.07, 6.45) is 2.61. The van der Waals surface area contributed by atoms with Crippen LogP contribution in [0.15, 0.2) is 103 Å². The average Bonchev–Trinajstić information content (AvgIpc) is 1.60. The van der Waals surface area contributed by atoms with Crippen molar-refractivity contribution in [2.45, 2.75) is 159 Å². The van der Waals surface area contributed by atoms with Gasteiger partial charge in [0, 0.05) is 59.2 Å². The number of hydrogen-bond donors (Lipinski definition) is 19. The zero-order valence-electron chi connectivity index (χ0n) is 61.0. The fourth-order valence-corrected chi connectivity index (χ4v) is 13.1. The number of amides is 14. The number of carbonyl (C=O) groups excluding carboxylic acids is 14.